The van der Waals surface area contributed by atoms with Crippen molar-refractivity contribution in [3.63, 3.8) is 0 Å². The van der Waals surface area contributed by atoms with E-state index in [0.29, 0.717) is 33.0 Å². The minimum absolute atomic E-state index is 0.104. The maximum absolute atomic E-state index is 14.0. The Kier molecular flexibility index (Phi) is 4.88. The van der Waals surface area contributed by atoms with E-state index in [-0.39, 0.29) is 11.2 Å². The summed E-state index contributed by atoms with van der Waals surface area (Å²) >= 11 is 1.13. The van der Waals surface area contributed by atoms with Crippen molar-refractivity contribution in [3.8, 4) is 0 Å². The molecule has 0 saturated carbocycles. The smallest absolute Gasteiger partial charge is 0.266 e. The molecule has 1 aromatic carbocycles. The van der Waals surface area contributed by atoms with Gasteiger partial charge in [-0.1, -0.05) is 6.07 Å². The predicted octanol–water partition coefficient (Wildman–Crippen LogP) is 3.05. The Hall–Kier alpha value is -2.58. The average molecular weight is 374 g/mol. The number of hydrogen-bond donors (Lipinski definition) is 2. The zero-order valence-electron chi connectivity index (χ0n) is 14.9. The molecule has 26 heavy (non-hydrogen) atoms. The number of aromatic amines is 1. The number of nitrogens with one attached hydrogen (secondary N) is 2. The first-order valence-electron chi connectivity index (χ1n) is 8.00. The van der Waals surface area contributed by atoms with E-state index in [1.165, 1.54) is 12.1 Å². The molecule has 0 spiro atoms. The van der Waals surface area contributed by atoms with Gasteiger partial charge < -0.3 is 15.2 Å². The number of fused-ring (bicyclic) bond motifs is 1. The summed E-state index contributed by atoms with van der Waals surface area (Å²) in [7, 11) is 3.75. The van der Waals surface area contributed by atoms with Crippen molar-refractivity contribution in [1.82, 2.24) is 14.9 Å². The van der Waals surface area contributed by atoms with Crippen LogP contribution in [-0.4, -0.2) is 34.9 Å². The molecule has 2 aromatic heterocycles. The molecule has 2 N–H and O–H groups in total. The Morgan fingerprint density at radius 1 is 1.35 bits per heavy atom. The molecule has 136 valence electrons. The molecule has 0 aliphatic rings. The van der Waals surface area contributed by atoms with Gasteiger partial charge in [0.25, 0.3) is 11.5 Å². The van der Waals surface area contributed by atoms with Gasteiger partial charge in [-0.25, -0.2) is 9.37 Å². The summed E-state index contributed by atoms with van der Waals surface area (Å²) in [6, 6.07) is 4.59. The third-order valence-electron chi connectivity index (χ3n) is 3.89. The number of carbonyl (C=O) groups is 1. The van der Waals surface area contributed by atoms with Crippen molar-refractivity contribution in [2.75, 3.05) is 19.4 Å². The highest BCUT2D eigenvalue weighted by Gasteiger charge is 2.20. The number of hydrogen-bond acceptors (Lipinski definition) is 5. The molecule has 3 rings (SSSR count). The Morgan fingerprint density at radius 2 is 2.08 bits per heavy atom. The van der Waals surface area contributed by atoms with Crippen LogP contribution in [-0.2, 0) is 6.54 Å². The summed E-state index contributed by atoms with van der Waals surface area (Å²) in [6.07, 6.45) is 0. The van der Waals surface area contributed by atoms with Gasteiger partial charge in [-0.2, -0.15) is 0 Å². The van der Waals surface area contributed by atoms with Crippen LogP contribution in [0.2, 0.25) is 0 Å². The molecule has 0 unspecified atom stereocenters. The third kappa shape index (κ3) is 3.51. The van der Waals surface area contributed by atoms with Crippen LogP contribution in [0.3, 0.4) is 0 Å². The molecule has 1 amide bonds. The molecule has 0 atom stereocenters. The van der Waals surface area contributed by atoms with E-state index in [2.05, 4.69) is 15.3 Å². The fourth-order valence-electron chi connectivity index (χ4n) is 2.68. The van der Waals surface area contributed by atoms with E-state index in [1.54, 1.807) is 19.9 Å². The maximum atomic E-state index is 14.0. The van der Waals surface area contributed by atoms with Crippen molar-refractivity contribution in [2.24, 2.45) is 0 Å². The number of benzene rings is 1. The summed E-state index contributed by atoms with van der Waals surface area (Å²) in [5, 5.41) is 2.97. The normalized spacial score (nSPS) is 11.3. The Balaban J connectivity index is 1.99. The van der Waals surface area contributed by atoms with Gasteiger partial charge in [-0.15, -0.1) is 11.3 Å². The van der Waals surface area contributed by atoms with Gasteiger partial charge in [-0.05, 0) is 51.2 Å². The van der Waals surface area contributed by atoms with Crippen molar-refractivity contribution in [3.05, 3.63) is 56.2 Å². The zero-order chi connectivity index (χ0) is 19.0. The SMILES string of the molecule is Cc1ccc(NC(=O)c2sc3nc(CN(C)C)[nH]c(=O)c3c2C)c(F)c1. The number of aryl methyl sites for hydroxylation is 2. The minimum atomic E-state index is -0.499. The molecule has 0 saturated heterocycles. The molecular formula is C18H19FN4O2S. The number of rotatable bonds is 4. The molecule has 0 bridgehead atoms. The second-order valence-corrected chi connectivity index (χ2v) is 7.42. The lowest BCUT2D eigenvalue weighted by molar-refractivity contribution is 0.102. The first-order valence-corrected chi connectivity index (χ1v) is 8.82. The molecule has 0 aliphatic carbocycles. The highest BCUT2D eigenvalue weighted by atomic mass is 32.1. The molecule has 2 heterocycles. The van der Waals surface area contributed by atoms with Gasteiger partial charge in [0.2, 0.25) is 0 Å². The third-order valence-corrected chi connectivity index (χ3v) is 5.08. The van der Waals surface area contributed by atoms with E-state index in [4.69, 9.17) is 0 Å². The van der Waals surface area contributed by atoms with Crippen LogP contribution in [0, 0.1) is 19.7 Å². The summed E-state index contributed by atoms with van der Waals surface area (Å²) in [5.41, 5.74) is 1.14. The van der Waals surface area contributed by atoms with E-state index >= 15 is 0 Å². The van der Waals surface area contributed by atoms with Crippen LogP contribution in [0.4, 0.5) is 10.1 Å². The van der Waals surface area contributed by atoms with Crippen molar-refractivity contribution in [1.29, 1.82) is 0 Å². The first-order chi connectivity index (χ1) is 12.3. The second kappa shape index (κ2) is 6.97. The number of thiophene rings is 1. The van der Waals surface area contributed by atoms with Crippen molar-refractivity contribution in [2.45, 2.75) is 20.4 Å². The Morgan fingerprint density at radius 3 is 2.73 bits per heavy atom. The topological polar surface area (TPSA) is 78.1 Å². The average Bonchev–Trinajstić information content (AvgIpc) is 2.86. The molecule has 0 fully saturated rings. The van der Waals surface area contributed by atoms with E-state index < -0.39 is 11.7 Å². The van der Waals surface area contributed by atoms with E-state index in [0.717, 1.165) is 16.9 Å². The summed E-state index contributed by atoms with van der Waals surface area (Å²) in [4.78, 5) is 34.9. The predicted molar refractivity (Wildman–Crippen MR) is 101 cm³/mol. The molecule has 0 aliphatic heterocycles. The summed E-state index contributed by atoms with van der Waals surface area (Å²) < 4.78 is 14.0. The molecule has 3 aromatic rings. The standard InChI is InChI=1S/C18H19FN4O2S/c1-9-5-6-12(11(19)7-9)20-17(25)15-10(2)14-16(24)21-13(8-23(3)4)22-18(14)26-15/h5-7H,8H2,1-4H3,(H,20,25)(H,21,22,24). The lowest BCUT2D eigenvalue weighted by atomic mass is 10.2. The van der Waals surface area contributed by atoms with Gasteiger partial charge in [0.15, 0.2) is 0 Å². The van der Waals surface area contributed by atoms with Gasteiger partial charge in [0.1, 0.15) is 16.5 Å². The lowest BCUT2D eigenvalue weighted by Crippen LogP contribution is -2.18. The zero-order valence-corrected chi connectivity index (χ0v) is 15.8. The fraction of sp³-hybridized carbons (Fsp3) is 0.278. The van der Waals surface area contributed by atoms with Gasteiger partial charge in [-0.3, -0.25) is 9.59 Å². The van der Waals surface area contributed by atoms with Crippen LogP contribution in [0.25, 0.3) is 10.2 Å². The second-order valence-electron chi connectivity index (χ2n) is 6.42. The highest BCUT2D eigenvalue weighted by molar-refractivity contribution is 7.20. The van der Waals surface area contributed by atoms with Gasteiger partial charge in [0.05, 0.1) is 22.5 Å². The number of H-pyrrole nitrogens is 1. The van der Waals surface area contributed by atoms with Crippen molar-refractivity contribution < 1.29 is 9.18 Å². The van der Waals surface area contributed by atoms with Crippen molar-refractivity contribution >= 4 is 33.1 Å². The first kappa shape index (κ1) is 18.2. The van der Waals surface area contributed by atoms with Gasteiger partial charge in [0, 0.05) is 0 Å². The molecule has 0 radical (unpaired) electrons. The summed E-state index contributed by atoms with van der Waals surface area (Å²) in [6.45, 7) is 3.95. The van der Waals surface area contributed by atoms with Crippen LogP contribution in [0.15, 0.2) is 23.0 Å². The van der Waals surface area contributed by atoms with E-state index in [1.807, 2.05) is 19.0 Å². The quantitative estimate of drug-likeness (QED) is 0.736. The Bertz CT molecular complexity index is 1060. The summed E-state index contributed by atoms with van der Waals surface area (Å²) in [5.74, 6) is -0.423. The van der Waals surface area contributed by atoms with Crippen LogP contribution >= 0.6 is 11.3 Å². The minimum Gasteiger partial charge on any atom is -0.319 e. The monoisotopic (exact) mass is 374 g/mol. The molecular weight excluding hydrogens is 355 g/mol. The number of anilines is 1. The van der Waals surface area contributed by atoms with Crippen LogP contribution in [0.5, 0.6) is 0 Å². The van der Waals surface area contributed by atoms with Crippen LogP contribution < -0.4 is 10.9 Å². The number of amides is 1. The lowest BCUT2D eigenvalue weighted by Gasteiger charge is -2.07. The molecule has 8 heteroatoms. The number of carbonyl (C=O) groups excluding carboxylic acids is 1. The largest absolute Gasteiger partial charge is 0.319 e. The fourth-order valence-corrected chi connectivity index (χ4v) is 3.78. The number of aromatic nitrogens is 2. The van der Waals surface area contributed by atoms with Gasteiger partial charge >= 0.3 is 0 Å². The van der Waals surface area contributed by atoms with Crippen LogP contribution in [0.1, 0.15) is 26.6 Å². The number of nitrogens with zero attached hydrogens (tertiary/aromatic N) is 2. The number of halogens is 1. The maximum Gasteiger partial charge on any atom is 0.266 e. The Labute approximate surface area is 153 Å². The molecule has 6 nitrogen and oxygen atoms in total. The highest BCUT2D eigenvalue weighted by Crippen LogP contribution is 2.28. The van der Waals surface area contributed by atoms with E-state index in [9.17, 15) is 14.0 Å².